The second-order valence-corrected chi connectivity index (χ2v) is 5.61. The Hall–Kier alpha value is -0.970. The van der Waals surface area contributed by atoms with Crippen LogP contribution < -0.4 is 0 Å². The number of carbonyl (C=O) groups is 1. The van der Waals surface area contributed by atoms with Gasteiger partial charge < -0.3 is 19.3 Å². The molecule has 0 bridgehead atoms. The summed E-state index contributed by atoms with van der Waals surface area (Å²) in [6.45, 7) is -0.135. The number of aliphatic hydroxyl groups is 1. The zero-order chi connectivity index (χ0) is 18.4. The third-order valence-corrected chi connectivity index (χ3v) is 3.79. The molecule has 0 spiro atoms. The van der Waals surface area contributed by atoms with E-state index in [1.54, 1.807) is 0 Å². The molecule has 2 aliphatic heterocycles. The minimum Gasteiger partial charge on any atom is -0.457 e. The van der Waals surface area contributed by atoms with Crippen LogP contribution in [0.25, 0.3) is 0 Å². The second kappa shape index (κ2) is 9.65. The summed E-state index contributed by atoms with van der Waals surface area (Å²) in [5.74, 6) is -0.519. The van der Waals surface area contributed by atoms with Gasteiger partial charge in [-0.3, -0.25) is 25.6 Å². The molecule has 2 aliphatic rings. The Morgan fingerprint density at radius 1 is 1.12 bits per heavy atom. The lowest BCUT2D eigenvalue weighted by Gasteiger charge is -2.19. The maximum Gasteiger partial charge on any atom is 0.306 e. The highest BCUT2D eigenvalue weighted by atomic mass is 17.1. The molecule has 13 nitrogen and oxygen atoms in total. The van der Waals surface area contributed by atoms with Crippen molar-refractivity contribution < 1.29 is 54.6 Å². The van der Waals surface area contributed by atoms with E-state index in [0.717, 1.165) is 0 Å². The van der Waals surface area contributed by atoms with Crippen molar-refractivity contribution in [2.24, 2.45) is 0 Å². The monoisotopic (exact) mass is 370 g/mol. The second-order valence-electron chi connectivity index (χ2n) is 5.61. The summed E-state index contributed by atoms with van der Waals surface area (Å²) in [6, 6.07) is 0. The van der Waals surface area contributed by atoms with Crippen LogP contribution in [0.3, 0.4) is 0 Å². The third kappa shape index (κ3) is 6.36. The Kier molecular flexibility index (Phi) is 7.85. The highest BCUT2D eigenvalue weighted by molar-refractivity contribution is 5.69. The number of hydrogen-bond acceptors (Lipinski definition) is 13. The van der Waals surface area contributed by atoms with Crippen molar-refractivity contribution in [3.8, 4) is 0 Å². The molecule has 0 aromatic rings. The molecule has 2 heterocycles. The summed E-state index contributed by atoms with van der Waals surface area (Å²) < 4.78 is 15.9. The molecular formula is C12H22N2O11. The molecule has 0 radical (unpaired) electrons. The van der Waals surface area contributed by atoms with Crippen LogP contribution >= 0.6 is 0 Å². The third-order valence-electron chi connectivity index (χ3n) is 3.79. The number of esters is 1. The number of ether oxygens (including phenoxy) is 3. The van der Waals surface area contributed by atoms with Crippen LogP contribution in [0.2, 0.25) is 0 Å². The smallest absolute Gasteiger partial charge is 0.306 e. The summed E-state index contributed by atoms with van der Waals surface area (Å²) in [7, 11) is 0. The van der Waals surface area contributed by atoms with E-state index in [1.165, 1.54) is 0 Å². The van der Waals surface area contributed by atoms with Gasteiger partial charge in [0.1, 0.15) is 31.0 Å². The van der Waals surface area contributed by atoms with Gasteiger partial charge in [-0.2, -0.15) is 0 Å². The van der Waals surface area contributed by atoms with E-state index in [2.05, 4.69) is 9.68 Å². The van der Waals surface area contributed by atoms with Crippen LogP contribution in [-0.2, 0) is 28.7 Å². The van der Waals surface area contributed by atoms with E-state index in [1.807, 2.05) is 0 Å². The first-order valence-corrected chi connectivity index (χ1v) is 7.63. The SMILES string of the molecule is O=C(CCCC(CON(O)O)ON(O)O)O[C@@H]1COC2C1OC[C@H]2O. The average Bonchev–Trinajstić information content (AvgIpc) is 3.08. The van der Waals surface area contributed by atoms with Crippen molar-refractivity contribution in [3.05, 3.63) is 0 Å². The Labute approximate surface area is 142 Å². The minimum absolute atomic E-state index is 0.00484. The van der Waals surface area contributed by atoms with Crippen LogP contribution in [0, 0.1) is 0 Å². The summed E-state index contributed by atoms with van der Waals surface area (Å²) in [6.07, 6.45) is -2.90. The number of aliphatic hydroxyl groups excluding tert-OH is 1. The molecule has 5 N–H and O–H groups in total. The van der Waals surface area contributed by atoms with Gasteiger partial charge in [-0.25, -0.2) is 9.68 Å². The van der Waals surface area contributed by atoms with Crippen LogP contribution in [0.5, 0.6) is 0 Å². The van der Waals surface area contributed by atoms with E-state index in [9.17, 15) is 9.90 Å². The molecule has 3 unspecified atom stereocenters. The number of hydrogen-bond donors (Lipinski definition) is 5. The fraction of sp³-hybridized carbons (Fsp3) is 0.917. The van der Waals surface area contributed by atoms with E-state index in [0.29, 0.717) is 0 Å². The van der Waals surface area contributed by atoms with Crippen LogP contribution in [0.1, 0.15) is 19.3 Å². The Balaban J connectivity index is 1.68. The maximum atomic E-state index is 11.9. The number of nitrogens with zero attached hydrogens (tertiary/aromatic N) is 2. The maximum absolute atomic E-state index is 11.9. The topological polar surface area (TPSA) is 171 Å². The lowest BCUT2D eigenvalue weighted by atomic mass is 10.1. The first-order valence-electron chi connectivity index (χ1n) is 7.63. The first-order chi connectivity index (χ1) is 11.9. The number of rotatable bonds is 10. The fourth-order valence-electron chi connectivity index (χ4n) is 2.70. The molecule has 2 saturated heterocycles. The molecule has 0 aliphatic carbocycles. The first kappa shape index (κ1) is 20.3. The standard InChI is InChI=1S/C12H22N2O11/c15-8-5-21-12-9(6-22-11(8)12)24-10(16)3-1-2-7(25-14(19)20)4-23-13(17)18/h7-9,11-12,15,17-20H,1-6H2/t7?,8-,9-,11?,12?/m1/s1. The highest BCUT2D eigenvalue weighted by Gasteiger charge is 2.48. The highest BCUT2D eigenvalue weighted by Crippen LogP contribution is 2.29. The van der Waals surface area contributed by atoms with Crippen molar-refractivity contribution in [2.45, 2.75) is 49.8 Å². The van der Waals surface area contributed by atoms with Crippen molar-refractivity contribution >= 4 is 5.97 Å². The predicted molar refractivity (Wildman–Crippen MR) is 70.9 cm³/mol. The summed E-state index contributed by atoms with van der Waals surface area (Å²) in [5.41, 5.74) is 0. The van der Waals surface area contributed by atoms with Gasteiger partial charge in [0.25, 0.3) is 0 Å². The van der Waals surface area contributed by atoms with Crippen LogP contribution in [0.15, 0.2) is 0 Å². The Morgan fingerprint density at radius 3 is 2.52 bits per heavy atom. The summed E-state index contributed by atoms with van der Waals surface area (Å²) >= 11 is 0. The molecule has 0 aromatic carbocycles. The van der Waals surface area contributed by atoms with E-state index < -0.39 is 53.9 Å². The van der Waals surface area contributed by atoms with E-state index in [-0.39, 0.29) is 32.5 Å². The lowest BCUT2D eigenvalue weighted by molar-refractivity contribution is -0.527. The fourth-order valence-corrected chi connectivity index (χ4v) is 2.70. The zero-order valence-corrected chi connectivity index (χ0v) is 13.2. The Morgan fingerprint density at radius 2 is 1.84 bits per heavy atom. The van der Waals surface area contributed by atoms with E-state index >= 15 is 0 Å². The van der Waals surface area contributed by atoms with Gasteiger partial charge >= 0.3 is 5.97 Å². The quantitative estimate of drug-likeness (QED) is 0.225. The molecule has 13 heteroatoms. The predicted octanol–water partition coefficient (Wildman–Crippen LogP) is -1.38. The normalized spacial score (nSPS) is 30.0. The summed E-state index contributed by atoms with van der Waals surface area (Å²) in [4.78, 5) is 20.7. The lowest BCUT2D eigenvalue weighted by Crippen LogP contribution is -2.34. The van der Waals surface area contributed by atoms with Gasteiger partial charge in [0.2, 0.25) is 0 Å². The van der Waals surface area contributed by atoms with Crippen molar-refractivity contribution in [1.29, 1.82) is 0 Å². The molecule has 0 amide bonds. The van der Waals surface area contributed by atoms with Gasteiger partial charge in [-0.15, -0.1) is 0 Å². The number of carbonyl (C=O) groups excluding carboxylic acids is 1. The van der Waals surface area contributed by atoms with Crippen LogP contribution in [0.4, 0.5) is 0 Å². The molecule has 146 valence electrons. The van der Waals surface area contributed by atoms with Gasteiger partial charge in [0.05, 0.1) is 24.0 Å². The summed E-state index contributed by atoms with van der Waals surface area (Å²) in [5, 5.41) is 42.7. The average molecular weight is 370 g/mol. The van der Waals surface area contributed by atoms with Gasteiger partial charge in [-0.1, -0.05) is 0 Å². The Bertz CT molecular complexity index is 424. The van der Waals surface area contributed by atoms with Gasteiger partial charge in [0, 0.05) is 6.42 Å². The van der Waals surface area contributed by atoms with Crippen molar-refractivity contribution in [2.75, 3.05) is 19.8 Å². The zero-order valence-electron chi connectivity index (χ0n) is 13.2. The molecule has 2 rings (SSSR count). The molecule has 2 fully saturated rings. The van der Waals surface area contributed by atoms with Gasteiger partial charge in [-0.05, 0) is 12.8 Å². The molecule has 5 atom stereocenters. The molecule has 0 saturated carbocycles. The van der Waals surface area contributed by atoms with E-state index in [4.69, 9.17) is 35.0 Å². The van der Waals surface area contributed by atoms with Crippen LogP contribution in [-0.4, -0.2) is 93.0 Å². The minimum atomic E-state index is -0.961. The molecule has 0 aromatic heterocycles. The molecular weight excluding hydrogens is 348 g/mol. The molecule has 25 heavy (non-hydrogen) atoms. The number of fused-ring (bicyclic) bond motifs is 1. The van der Waals surface area contributed by atoms with Crippen molar-refractivity contribution in [3.63, 3.8) is 0 Å². The largest absolute Gasteiger partial charge is 0.457 e. The van der Waals surface area contributed by atoms with Crippen molar-refractivity contribution in [1.82, 2.24) is 10.8 Å². The van der Waals surface area contributed by atoms with Gasteiger partial charge in [0.15, 0.2) is 6.10 Å².